The van der Waals surface area contributed by atoms with Gasteiger partial charge in [-0.2, -0.15) is 0 Å². The van der Waals surface area contributed by atoms with E-state index < -0.39 is 7.60 Å². The molecule has 0 heterocycles. The van der Waals surface area contributed by atoms with Crippen LogP contribution >= 0.6 is 7.60 Å². The van der Waals surface area contributed by atoms with E-state index in [1.54, 1.807) is 26.0 Å². The maximum atomic E-state index is 12.9. The maximum Gasteiger partial charge on any atom is 0.363 e. The minimum atomic E-state index is -3.42. The number of nitrogen functional groups attached to an aromatic ring is 2. The summed E-state index contributed by atoms with van der Waals surface area (Å²) in [7, 11) is -3.42. The molecule has 0 unspecified atom stereocenters. The molecule has 118 valence electrons. The van der Waals surface area contributed by atoms with Crippen LogP contribution in [-0.2, 0) is 13.6 Å². The van der Waals surface area contributed by atoms with Gasteiger partial charge >= 0.3 is 7.60 Å². The monoisotopic (exact) mass is 320 g/mol. The van der Waals surface area contributed by atoms with Crippen LogP contribution < -0.4 is 16.8 Å². The highest BCUT2D eigenvalue weighted by molar-refractivity contribution is 7.62. The summed E-state index contributed by atoms with van der Waals surface area (Å²) >= 11 is 0. The Morgan fingerprint density at radius 1 is 0.909 bits per heavy atom. The molecule has 0 amide bonds. The second-order valence-electron chi connectivity index (χ2n) is 4.73. The molecule has 0 radical (unpaired) electrons. The molecule has 0 atom stereocenters. The van der Waals surface area contributed by atoms with Crippen molar-refractivity contribution in [2.24, 2.45) is 0 Å². The summed E-state index contributed by atoms with van der Waals surface area (Å²) in [5, 5.41) is 0.394. The Hall–Kier alpha value is -1.81. The Morgan fingerprint density at radius 3 is 2.00 bits per heavy atom. The van der Waals surface area contributed by atoms with Gasteiger partial charge in [0.05, 0.1) is 18.5 Å². The van der Waals surface area contributed by atoms with E-state index in [0.717, 1.165) is 11.1 Å². The molecule has 6 heteroatoms. The Balaban J connectivity index is 2.50. The van der Waals surface area contributed by atoms with Gasteiger partial charge in [-0.1, -0.05) is 18.2 Å². The third-order valence-corrected chi connectivity index (χ3v) is 5.34. The topological polar surface area (TPSA) is 87.6 Å². The first kappa shape index (κ1) is 16.6. The van der Waals surface area contributed by atoms with Crippen molar-refractivity contribution in [1.82, 2.24) is 0 Å². The Bertz CT molecular complexity index is 676. The van der Waals surface area contributed by atoms with Crippen LogP contribution in [0.1, 0.15) is 13.8 Å². The summed E-state index contributed by atoms with van der Waals surface area (Å²) in [4.78, 5) is 0. The zero-order valence-electron chi connectivity index (χ0n) is 12.8. The molecule has 2 aromatic rings. The van der Waals surface area contributed by atoms with Crippen LogP contribution in [0.15, 0.2) is 42.5 Å². The van der Waals surface area contributed by atoms with E-state index in [9.17, 15) is 4.57 Å². The van der Waals surface area contributed by atoms with E-state index in [-0.39, 0.29) is 13.2 Å². The summed E-state index contributed by atoms with van der Waals surface area (Å²) in [6.45, 7) is 4.10. The van der Waals surface area contributed by atoms with Crippen molar-refractivity contribution in [2.45, 2.75) is 13.8 Å². The van der Waals surface area contributed by atoms with E-state index in [4.69, 9.17) is 20.5 Å². The van der Waals surface area contributed by atoms with Crippen LogP contribution in [0.4, 0.5) is 11.4 Å². The van der Waals surface area contributed by atoms with Gasteiger partial charge in [0.25, 0.3) is 0 Å². The second-order valence-corrected chi connectivity index (χ2v) is 6.72. The lowest BCUT2D eigenvalue weighted by atomic mass is 10.1. The molecule has 2 aromatic carbocycles. The van der Waals surface area contributed by atoms with Crippen molar-refractivity contribution in [3.05, 3.63) is 42.5 Å². The maximum absolute atomic E-state index is 12.9. The molecule has 2 rings (SSSR count). The van der Waals surface area contributed by atoms with Crippen molar-refractivity contribution >= 4 is 24.3 Å². The van der Waals surface area contributed by atoms with Gasteiger partial charge in [-0.05, 0) is 49.2 Å². The number of hydrogen-bond acceptors (Lipinski definition) is 5. The molecule has 0 saturated carbocycles. The van der Waals surface area contributed by atoms with Crippen LogP contribution in [0, 0.1) is 0 Å². The first-order valence-electron chi connectivity index (χ1n) is 7.15. The van der Waals surface area contributed by atoms with Crippen LogP contribution in [0.5, 0.6) is 0 Å². The van der Waals surface area contributed by atoms with Gasteiger partial charge < -0.3 is 20.5 Å². The van der Waals surface area contributed by atoms with Gasteiger partial charge in [-0.25, -0.2) is 0 Å². The Morgan fingerprint density at radius 2 is 1.45 bits per heavy atom. The van der Waals surface area contributed by atoms with Gasteiger partial charge in [0.15, 0.2) is 0 Å². The number of hydrogen-bond donors (Lipinski definition) is 2. The molecule has 4 N–H and O–H groups in total. The van der Waals surface area contributed by atoms with Gasteiger partial charge in [0.1, 0.15) is 0 Å². The zero-order valence-corrected chi connectivity index (χ0v) is 13.7. The molecule has 0 saturated heterocycles. The van der Waals surface area contributed by atoms with Crippen molar-refractivity contribution < 1.29 is 13.6 Å². The van der Waals surface area contributed by atoms with E-state index in [2.05, 4.69) is 0 Å². The lowest BCUT2D eigenvalue weighted by molar-refractivity contribution is 0.230. The van der Waals surface area contributed by atoms with Crippen LogP contribution in [0.3, 0.4) is 0 Å². The van der Waals surface area contributed by atoms with Gasteiger partial charge in [0, 0.05) is 11.4 Å². The van der Waals surface area contributed by atoms with E-state index >= 15 is 0 Å². The summed E-state index contributed by atoms with van der Waals surface area (Å²) in [5.41, 5.74) is 14.6. The number of benzene rings is 2. The Kier molecular flexibility index (Phi) is 5.24. The molecule has 0 aliphatic heterocycles. The smallest absolute Gasteiger partial charge is 0.363 e. The lowest BCUT2D eigenvalue weighted by Crippen LogP contribution is -2.15. The first-order valence-corrected chi connectivity index (χ1v) is 8.69. The Labute approximate surface area is 130 Å². The van der Waals surface area contributed by atoms with Gasteiger partial charge in [-0.15, -0.1) is 0 Å². The average Bonchev–Trinajstić information content (AvgIpc) is 2.49. The summed E-state index contributed by atoms with van der Waals surface area (Å²) in [5.74, 6) is 0. The third-order valence-electron chi connectivity index (χ3n) is 3.17. The molecule has 0 spiro atoms. The van der Waals surface area contributed by atoms with Crippen molar-refractivity contribution in [1.29, 1.82) is 0 Å². The van der Waals surface area contributed by atoms with Crippen molar-refractivity contribution in [3.8, 4) is 11.1 Å². The van der Waals surface area contributed by atoms with Crippen LogP contribution in [0.2, 0.25) is 0 Å². The fourth-order valence-electron chi connectivity index (χ4n) is 2.15. The predicted molar refractivity (Wildman–Crippen MR) is 91.2 cm³/mol. The standard InChI is InChI=1S/C16H21N2O3P/c1-3-20-22(19,21-4-2)16-11-13(7-10-15(16)18)12-5-8-14(17)9-6-12/h5-11H,3-4,17-18H2,1-2H3. The third kappa shape index (κ3) is 3.50. The largest absolute Gasteiger partial charge is 0.399 e. The molecule has 0 bridgehead atoms. The van der Waals surface area contributed by atoms with E-state index in [0.29, 0.717) is 16.7 Å². The SMILES string of the molecule is CCOP(=O)(OCC)c1cc(-c2ccc(N)cc2)ccc1N. The molecular formula is C16H21N2O3P. The van der Waals surface area contributed by atoms with Crippen LogP contribution in [0.25, 0.3) is 11.1 Å². The lowest BCUT2D eigenvalue weighted by Gasteiger charge is -2.19. The number of nitrogens with two attached hydrogens (primary N) is 2. The van der Waals surface area contributed by atoms with Crippen molar-refractivity contribution in [3.63, 3.8) is 0 Å². The minimum Gasteiger partial charge on any atom is -0.399 e. The molecule has 0 fully saturated rings. The summed E-state index contributed by atoms with van der Waals surface area (Å²) < 4.78 is 23.7. The van der Waals surface area contributed by atoms with E-state index in [1.807, 2.05) is 30.3 Å². The highest BCUT2D eigenvalue weighted by Crippen LogP contribution is 2.48. The second kappa shape index (κ2) is 6.97. The average molecular weight is 320 g/mol. The molecule has 0 aliphatic carbocycles. The molecular weight excluding hydrogens is 299 g/mol. The molecule has 0 aliphatic rings. The van der Waals surface area contributed by atoms with Crippen molar-refractivity contribution in [2.75, 3.05) is 24.7 Å². The van der Waals surface area contributed by atoms with Gasteiger partial charge in [0.2, 0.25) is 0 Å². The highest BCUT2D eigenvalue weighted by Gasteiger charge is 2.29. The first-order chi connectivity index (χ1) is 10.5. The summed E-state index contributed by atoms with van der Waals surface area (Å²) in [6, 6.07) is 12.8. The molecule has 22 heavy (non-hydrogen) atoms. The zero-order chi connectivity index (χ0) is 16.2. The predicted octanol–water partition coefficient (Wildman–Crippen LogP) is 3.41. The number of anilines is 2. The normalized spacial score (nSPS) is 11.5. The quantitative estimate of drug-likeness (QED) is 0.629. The fourth-order valence-corrected chi connectivity index (χ4v) is 3.87. The molecule has 5 nitrogen and oxygen atoms in total. The summed E-state index contributed by atoms with van der Waals surface area (Å²) in [6.07, 6.45) is 0. The highest BCUT2D eigenvalue weighted by atomic mass is 31.2. The van der Waals surface area contributed by atoms with Crippen LogP contribution in [-0.4, -0.2) is 13.2 Å². The minimum absolute atomic E-state index is 0.281. The number of rotatable bonds is 6. The fraction of sp³-hybridized carbons (Fsp3) is 0.250. The van der Waals surface area contributed by atoms with E-state index in [1.165, 1.54) is 0 Å². The van der Waals surface area contributed by atoms with Gasteiger partial charge in [-0.3, -0.25) is 4.57 Å². The molecule has 0 aromatic heterocycles.